The van der Waals surface area contributed by atoms with Gasteiger partial charge in [-0.05, 0) is 12.5 Å². The van der Waals surface area contributed by atoms with E-state index >= 15 is 0 Å². The molecule has 1 aliphatic heterocycles. The number of anilines is 1. The molecular weight excluding hydrogens is 261 g/mol. The van der Waals surface area contributed by atoms with Crippen molar-refractivity contribution in [1.82, 2.24) is 24.5 Å². The van der Waals surface area contributed by atoms with Crippen LogP contribution in [-0.4, -0.2) is 31.1 Å². The Labute approximate surface area is 106 Å². The maximum absolute atomic E-state index is 12.6. The van der Waals surface area contributed by atoms with Crippen molar-refractivity contribution in [3.05, 3.63) is 23.8 Å². The van der Waals surface area contributed by atoms with Crippen LogP contribution in [0.4, 0.5) is 19.1 Å². The first-order chi connectivity index (χ1) is 8.97. The molecule has 1 atom stereocenters. The molecule has 2 aromatic heterocycles. The second-order valence-electron chi connectivity index (χ2n) is 4.31. The largest absolute Gasteiger partial charge is 0.453 e. The van der Waals surface area contributed by atoms with Gasteiger partial charge in [0.25, 0.3) is 5.82 Å². The van der Waals surface area contributed by atoms with Gasteiger partial charge in [0.15, 0.2) is 0 Å². The molecule has 1 unspecified atom stereocenters. The number of aromatic nitrogens is 5. The predicted molar refractivity (Wildman–Crippen MR) is 59.5 cm³/mol. The Bertz CT molecular complexity index is 599. The summed E-state index contributed by atoms with van der Waals surface area (Å²) in [4.78, 5) is 3.50. The third-order valence-electron chi connectivity index (χ3n) is 3.08. The van der Waals surface area contributed by atoms with Crippen LogP contribution in [0.25, 0.3) is 0 Å². The number of halogens is 3. The highest BCUT2D eigenvalue weighted by atomic mass is 19.4. The zero-order valence-electron chi connectivity index (χ0n) is 10.0. The Balaban J connectivity index is 2.05. The van der Waals surface area contributed by atoms with Crippen molar-refractivity contribution in [2.24, 2.45) is 7.05 Å². The van der Waals surface area contributed by atoms with Gasteiger partial charge in [-0.1, -0.05) is 0 Å². The normalized spacial score (nSPS) is 19.1. The van der Waals surface area contributed by atoms with Crippen molar-refractivity contribution < 1.29 is 13.2 Å². The van der Waals surface area contributed by atoms with Crippen LogP contribution < -0.4 is 5.32 Å². The molecule has 0 aliphatic carbocycles. The zero-order valence-corrected chi connectivity index (χ0v) is 10.0. The maximum Gasteiger partial charge on any atom is 0.453 e. The van der Waals surface area contributed by atoms with E-state index < -0.39 is 12.0 Å². The van der Waals surface area contributed by atoms with Crippen LogP contribution in [0.15, 0.2) is 12.3 Å². The number of fused-ring (bicyclic) bond motifs is 1. The van der Waals surface area contributed by atoms with E-state index in [4.69, 9.17) is 0 Å². The highest BCUT2D eigenvalue weighted by Gasteiger charge is 2.39. The lowest BCUT2D eigenvalue weighted by Crippen LogP contribution is -2.26. The second kappa shape index (κ2) is 3.97. The minimum Gasteiger partial charge on any atom is -0.354 e. The molecule has 3 rings (SSSR count). The summed E-state index contributed by atoms with van der Waals surface area (Å²) in [6.07, 6.45) is -2.30. The molecule has 1 N–H and O–H groups in total. The van der Waals surface area contributed by atoms with Gasteiger partial charge < -0.3 is 5.32 Å². The first-order valence-electron chi connectivity index (χ1n) is 5.72. The van der Waals surface area contributed by atoms with Crippen molar-refractivity contribution in [2.75, 3.05) is 11.9 Å². The number of nitrogens with zero attached hydrogens (tertiary/aromatic N) is 5. The quantitative estimate of drug-likeness (QED) is 0.853. The Morgan fingerprint density at radius 3 is 2.84 bits per heavy atom. The Morgan fingerprint density at radius 2 is 2.21 bits per heavy atom. The van der Waals surface area contributed by atoms with Gasteiger partial charge >= 0.3 is 6.18 Å². The molecule has 0 aromatic carbocycles. The SMILES string of the molecule is Cn1nccc1C1CCNc2nc(C(F)(F)F)nn21. The fourth-order valence-electron chi connectivity index (χ4n) is 2.21. The van der Waals surface area contributed by atoms with Crippen molar-refractivity contribution in [3.8, 4) is 0 Å². The Morgan fingerprint density at radius 1 is 1.42 bits per heavy atom. The van der Waals surface area contributed by atoms with Crippen LogP contribution in [0.2, 0.25) is 0 Å². The van der Waals surface area contributed by atoms with Gasteiger partial charge in [-0.25, -0.2) is 4.68 Å². The van der Waals surface area contributed by atoms with E-state index in [1.807, 2.05) is 0 Å². The minimum atomic E-state index is -4.54. The molecule has 0 radical (unpaired) electrons. The molecular formula is C10H11F3N6. The molecule has 9 heteroatoms. The third kappa shape index (κ3) is 1.94. The van der Waals surface area contributed by atoms with Crippen LogP contribution >= 0.6 is 0 Å². The number of alkyl halides is 3. The molecule has 3 heterocycles. The lowest BCUT2D eigenvalue weighted by molar-refractivity contribution is -0.145. The summed E-state index contributed by atoms with van der Waals surface area (Å²) in [5.74, 6) is -0.978. The molecule has 0 bridgehead atoms. The molecule has 0 amide bonds. The fourth-order valence-corrected chi connectivity index (χ4v) is 2.21. The maximum atomic E-state index is 12.6. The number of nitrogens with one attached hydrogen (secondary N) is 1. The summed E-state index contributed by atoms with van der Waals surface area (Å²) in [5, 5.41) is 10.4. The highest BCUT2D eigenvalue weighted by Crippen LogP contribution is 2.32. The molecule has 102 valence electrons. The van der Waals surface area contributed by atoms with E-state index in [0.717, 1.165) is 5.69 Å². The topological polar surface area (TPSA) is 60.6 Å². The van der Waals surface area contributed by atoms with Gasteiger partial charge in [0.1, 0.15) is 0 Å². The molecule has 1 aliphatic rings. The second-order valence-corrected chi connectivity index (χ2v) is 4.31. The van der Waals surface area contributed by atoms with E-state index in [-0.39, 0.29) is 12.0 Å². The molecule has 0 fully saturated rings. The van der Waals surface area contributed by atoms with Crippen molar-refractivity contribution in [3.63, 3.8) is 0 Å². The van der Waals surface area contributed by atoms with E-state index in [1.165, 1.54) is 4.68 Å². The van der Waals surface area contributed by atoms with E-state index in [1.54, 1.807) is 24.0 Å². The first kappa shape index (κ1) is 12.0. The molecule has 0 spiro atoms. The third-order valence-corrected chi connectivity index (χ3v) is 3.08. The summed E-state index contributed by atoms with van der Waals surface area (Å²) in [5.41, 5.74) is 0.807. The van der Waals surface area contributed by atoms with E-state index in [0.29, 0.717) is 13.0 Å². The lowest BCUT2D eigenvalue weighted by atomic mass is 10.1. The Hall–Kier alpha value is -2.06. The number of rotatable bonds is 1. The van der Waals surface area contributed by atoms with Crippen molar-refractivity contribution >= 4 is 5.95 Å². The van der Waals surface area contributed by atoms with E-state index in [9.17, 15) is 13.2 Å². The summed E-state index contributed by atoms with van der Waals surface area (Å²) in [7, 11) is 1.75. The summed E-state index contributed by atoms with van der Waals surface area (Å²) >= 11 is 0. The minimum absolute atomic E-state index is 0.143. The Kier molecular flexibility index (Phi) is 2.51. The molecule has 2 aromatic rings. The number of hydrogen-bond acceptors (Lipinski definition) is 4. The van der Waals surface area contributed by atoms with Crippen molar-refractivity contribution in [1.29, 1.82) is 0 Å². The average Bonchev–Trinajstić information content (AvgIpc) is 2.93. The molecule has 0 saturated heterocycles. The van der Waals surface area contributed by atoms with Crippen LogP contribution in [-0.2, 0) is 13.2 Å². The zero-order chi connectivity index (χ0) is 13.6. The standard InChI is InChI=1S/C10H11F3N6/c1-18-6(3-5-15-18)7-2-4-14-9-16-8(10(11,12)13)17-19(7)9/h3,5,7H,2,4H2,1H3,(H,14,16,17). The van der Waals surface area contributed by atoms with E-state index in [2.05, 4.69) is 20.5 Å². The van der Waals surface area contributed by atoms with Crippen LogP contribution in [0.5, 0.6) is 0 Å². The van der Waals surface area contributed by atoms with Gasteiger partial charge in [0, 0.05) is 19.8 Å². The molecule has 6 nitrogen and oxygen atoms in total. The lowest BCUT2D eigenvalue weighted by Gasteiger charge is -2.24. The van der Waals surface area contributed by atoms with Crippen LogP contribution in [0, 0.1) is 0 Å². The number of hydrogen-bond donors (Lipinski definition) is 1. The molecule has 0 saturated carbocycles. The predicted octanol–water partition coefficient (Wildman–Crippen LogP) is 1.44. The van der Waals surface area contributed by atoms with Crippen LogP contribution in [0.1, 0.15) is 24.0 Å². The summed E-state index contributed by atoms with van der Waals surface area (Å²) in [6.45, 7) is 0.547. The highest BCUT2D eigenvalue weighted by molar-refractivity contribution is 5.31. The molecule has 19 heavy (non-hydrogen) atoms. The van der Waals surface area contributed by atoms with Gasteiger partial charge in [-0.2, -0.15) is 23.3 Å². The average molecular weight is 272 g/mol. The van der Waals surface area contributed by atoms with Gasteiger partial charge in [0.2, 0.25) is 5.95 Å². The van der Waals surface area contributed by atoms with Crippen molar-refractivity contribution in [2.45, 2.75) is 18.6 Å². The monoisotopic (exact) mass is 272 g/mol. The number of aryl methyl sites for hydroxylation is 1. The van der Waals surface area contributed by atoms with Gasteiger partial charge in [0.05, 0.1) is 11.7 Å². The summed E-state index contributed by atoms with van der Waals surface area (Å²) < 4.78 is 40.8. The van der Waals surface area contributed by atoms with Crippen LogP contribution in [0.3, 0.4) is 0 Å². The van der Waals surface area contributed by atoms with Gasteiger partial charge in [-0.3, -0.25) is 4.68 Å². The smallest absolute Gasteiger partial charge is 0.354 e. The first-order valence-corrected chi connectivity index (χ1v) is 5.72. The fraction of sp³-hybridized carbons (Fsp3) is 0.500. The summed E-state index contributed by atoms with van der Waals surface area (Å²) in [6, 6.07) is 1.49. The van der Waals surface area contributed by atoms with Gasteiger partial charge in [-0.15, -0.1) is 5.10 Å².